The summed E-state index contributed by atoms with van der Waals surface area (Å²) in [6.07, 6.45) is 0.530. The van der Waals surface area contributed by atoms with Crippen molar-refractivity contribution in [2.75, 3.05) is 10.6 Å². The predicted octanol–water partition coefficient (Wildman–Crippen LogP) is 2.77. The van der Waals surface area contributed by atoms with Gasteiger partial charge < -0.3 is 25.3 Å². The van der Waals surface area contributed by atoms with Gasteiger partial charge in [-0.2, -0.15) is 0 Å². The molecule has 1 aromatic heterocycles. The van der Waals surface area contributed by atoms with E-state index in [0.717, 1.165) is 16.1 Å². The molecule has 3 rings (SSSR count). The summed E-state index contributed by atoms with van der Waals surface area (Å²) in [5.41, 5.74) is 1.40. The van der Waals surface area contributed by atoms with Gasteiger partial charge in [-0.3, -0.25) is 0 Å². The van der Waals surface area contributed by atoms with Crippen LogP contribution in [-0.2, 0) is 17.8 Å². The van der Waals surface area contributed by atoms with Crippen LogP contribution in [0.15, 0.2) is 30.3 Å². The molecule has 7 heteroatoms. The molecular weight excluding hydrogens is 344 g/mol. The third kappa shape index (κ3) is 3.58. The average Bonchev–Trinajstić information content (AvgIpc) is 2.83. The fraction of sp³-hybridized carbons (Fsp3) is 0.294. The number of hydrogen-bond donors (Lipinski definition) is 2. The van der Waals surface area contributed by atoms with Gasteiger partial charge in [-0.05, 0) is 43.8 Å². The minimum Gasteiger partial charge on any atom is -0.545 e. The fourth-order valence-corrected chi connectivity index (χ4v) is 4.05. The first kappa shape index (κ1) is 16.9. The van der Waals surface area contributed by atoms with Crippen molar-refractivity contribution in [3.05, 3.63) is 46.3 Å². The molecule has 24 heavy (non-hydrogen) atoms. The molecular formula is C17H17N2O3S2-. The van der Waals surface area contributed by atoms with Crippen LogP contribution in [0.2, 0.25) is 0 Å². The molecule has 126 valence electrons. The van der Waals surface area contributed by atoms with Crippen LogP contribution in [0.4, 0.5) is 10.7 Å². The van der Waals surface area contributed by atoms with Crippen molar-refractivity contribution in [3.8, 4) is 0 Å². The number of rotatable bonds is 3. The normalized spacial score (nSPS) is 15.4. The summed E-state index contributed by atoms with van der Waals surface area (Å²) >= 11 is 6.64. The van der Waals surface area contributed by atoms with Gasteiger partial charge in [-0.15, -0.1) is 11.3 Å². The van der Waals surface area contributed by atoms with Crippen molar-refractivity contribution >= 4 is 45.3 Å². The zero-order valence-electron chi connectivity index (χ0n) is 13.3. The van der Waals surface area contributed by atoms with E-state index < -0.39 is 11.6 Å². The lowest BCUT2D eigenvalue weighted by molar-refractivity contribution is -0.255. The first-order valence-electron chi connectivity index (χ1n) is 7.48. The summed E-state index contributed by atoms with van der Waals surface area (Å²) in [6, 6.07) is 9.44. The lowest BCUT2D eigenvalue weighted by Gasteiger charge is -2.30. The van der Waals surface area contributed by atoms with E-state index in [9.17, 15) is 9.90 Å². The Morgan fingerprint density at radius 3 is 2.67 bits per heavy atom. The minimum absolute atomic E-state index is 0.184. The Labute approximate surface area is 149 Å². The van der Waals surface area contributed by atoms with E-state index in [1.807, 2.05) is 44.2 Å². The minimum atomic E-state index is -1.20. The number of thiophene rings is 1. The number of anilines is 2. The molecule has 0 fully saturated rings. The first-order valence-corrected chi connectivity index (χ1v) is 8.71. The quantitative estimate of drug-likeness (QED) is 0.819. The number of nitrogens with one attached hydrogen (secondary N) is 2. The molecule has 0 amide bonds. The Balaban J connectivity index is 1.85. The topological polar surface area (TPSA) is 73.4 Å². The zero-order valence-corrected chi connectivity index (χ0v) is 15.0. The second kappa shape index (κ2) is 6.51. The summed E-state index contributed by atoms with van der Waals surface area (Å²) in [6.45, 7) is 4.29. The Kier molecular flexibility index (Phi) is 4.58. The number of benzene rings is 1. The smallest absolute Gasteiger partial charge is 0.175 e. The lowest BCUT2D eigenvalue weighted by atomic mass is 9.93. The number of carboxylic acids is 1. The maximum atomic E-state index is 11.7. The van der Waals surface area contributed by atoms with Crippen molar-refractivity contribution < 1.29 is 14.6 Å². The second-order valence-corrected chi connectivity index (χ2v) is 7.68. The summed E-state index contributed by atoms with van der Waals surface area (Å²) in [5.74, 6) is -1.20. The van der Waals surface area contributed by atoms with E-state index in [0.29, 0.717) is 23.1 Å². The Morgan fingerprint density at radius 1 is 1.29 bits per heavy atom. The van der Waals surface area contributed by atoms with Gasteiger partial charge in [0.1, 0.15) is 5.00 Å². The van der Waals surface area contributed by atoms with E-state index >= 15 is 0 Å². The monoisotopic (exact) mass is 361 g/mol. The lowest BCUT2D eigenvalue weighted by Crippen LogP contribution is -2.33. The first-order chi connectivity index (χ1) is 11.4. The van der Waals surface area contributed by atoms with Crippen LogP contribution >= 0.6 is 23.6 Å². The predicted molar refractivity (Wildman–Crippen MR) is 97.5 cm³/mol. The third-order valence-corrected chi connectivity index (χ3v) is 5.08. The van der Waals surface area contributed by atoms with Crippen LogP contribution in [-0.4, -0.2) is 16.7 Å². The van der Waals surface area contributed by atoms with Gasteiger partial charge >= 0.3 is 0 Å². The Hall–Kier alpha value is -1.96. The fourth-order valence-electron chi connectivity index (χ4n) is 2.64. The number of fused-ring (bicyclic) bond motifs is 1. The molecule has 0 radical (unpaired) electrons. The molecule has 2 aromatic rings. The molecule has 0 bridgehead atoms. The number of hydrogen-bond acceptors (Lipinski definition) is 5. The summed E-state index contributed by atoms with van der Waals surface area (Å²) < 4.78 is 5.76. The van der Waals surface area contributed by atoms with E-state index in [-0.39, 0.29) is 5.56 Å². The number of carbonyl (C=O) groups excluding carboxylic acids is 1. The van der Waals surface area contributed by atoms with Gasteiger partial charge in [-0.25, -0.2) is 0 Å². The standard InChI is InChI=1S/C17H18N2O3S2/c1-17(2)8-11-12(9-22-17)24-14(13(11)15(20)21)19-16(23)18-10-6-4-3-5-7-10/h3-7H,8-9H2,1-2H3,(H,20,21)(H2,18,19,23)/p-1. The molecule has 1 aromatic carbocycles. The molecule has 2 heterocycles. The highest BCUT2D eigenvalue weighted by atomic mass is 32.1. The van der Waals surface area contributed by atoms with Gasteiger partial charge in [0.15, 0.2) is 5.11 Å². The molecule has 5 nitrogen and oxygen atoms in total. The molecule has 0 aliphatic carbocycles. The van der Waals surface area contributed by atoms with Gasteiger partial charge in [0, 0.05) is 22.5 Å². The van der Waals surface area contributed by atoms with Gasteiger partial charge in [0.25, 0.3) is 0 Å². The molecule has 0 spiro atoms. The van der Waals surface area contributed by atoms with Crippen LogP contribution in [0.1, 0.15) is 34.6 Å². The largest absolute Gasteiger partial charge is 0.545 e. The van der Waals surface area contributed by atoms with E-state index in [1.54, 1.807) is 0 Å². The molecule has 0 atom stereocenters. The van der Waals surface area contributed by atoms with E-state index in [2.05, 4.69) is 10.6 Å². The SMILES string of the molecule is CC1(C)Cc2c(sc(NC(=S)Nc3ccccc3)c2C(=O)[O-])CO1. The number of carboxylic acid groups (broad SMARTS) is 1. The van der Waals surface area contributed by atoms with Crippen molar-refractivity contribution in [2.24, 2.45) is 0 Å². The Morgan fingerprint density at radius 2 is 2.00 bits per heavy atom. The van der Waals surface area contributed by atoms with Crippen LogP contribution in [0, 0.1) is 0 Å². The van der Waals surface area contributed by atoms with Crippen molar-refractivity contribution in [3.63, 3.8) is 0 Å². The van der Waals surface area contributed by atoms with Gasteiger partial charge in [0.2, 0.25) is 0 Å². The number of ether oxygens (including phenoxy) is 1. The number of thiocarbonyl (C=S) groups is 1. The average molecular weight is 361 g/mol. The summed E-state index contributed by atoms with van der Waals surface area (Å²) in [4.78, 5) is 12.6. The van der Waals surface area contributed by atoms with Gasteiger partial charge in [0.05, 0.1) is 18.2 Å². The molecule has 0 saturated heterocycles. The van der Waals surface area contributed by atoms with Crippen LogP contribution < -0.4 is 15.7 Å². The van der Waals surface area contributed by atoms with E-state index in [1.165, 1.54) is 11.3 Å². The van der Waals surface area contributed by atoms with Gasteiger partial charge in [-0.1, -0.05) is 18.2 Å². The zero-order chi connectivity index (χ0) is 17.3. The number of para-hydroxylation sites is 1. The molecule has 1 aliphatic rings. The second-order valence-electron chi connectivity index (χ2n) is 6.17. The number of carbonyl (C=O) groups is 1. The van der Waals surface area contributed by atoms with Crippen molar-refractivity contribution in [2.45, 2.75) is 32.5 Å². The Bertz CT molecular complexity index is 785. The highest BCUT2D eigenvalue weighted by molar-refractivity contribution is 7.80. The van der Waals surface area contributed by atoms with Crippen molar-refractivity contribution in [1.82, 2.24) is 0 Å². The van der Waals surface area contributed by atoms with Crippen LogP contribution in [0.25, 0.3) is 0 Å². The molecule has 2 N–H and O–H groups in total. The van der Waals surface area contributed by atoms with Crippen molar-refractivity contribution in [1.29, 1.82) is 0 Å². The molecule has 0 saturated carbocycles. The molecule has 1 aliphatic heterocycles. The maximum Gasteiger partial charge on any atom is 0.175 e. The summed E-state index contributed by atoms with van der Waals surface area (Å²) in [5, 5.41) is 18.5. The van der Waals surface area contributed by atoms with Crippen LogP contribution in [0.5, 0.6) is 0 Å². The van der Waals surface area contributed by atoms with E-state index in [4.69, 9.17) is 17.0 Å². The highest BCUT2D eigenvalue weighted by Gasteiger charge is 2.31. The highest BCUT2D eigenvalue weighted by Crippen LogP contribution is 2.40. The summed E-state index contributed by atoms with van der Waals surface area (Å²) in [7, 11) is 0. The number of aromatic carboxylic acids is 1. The molecule has 0 unspecified atom stereocenters. The maximum absolute atomic E-state index is 11.7. The van der Waals surface area contributed by atoms with Crippen LogP contribution in [0.3, 0.4) is 0 Å². The third-order valence-electron chi connectivity index (χ3n) is 3.75.